The Kier molecular flexibility index (Phi) is 6.96. The summed E-state index contributed by atoms with van der Waals surface area (Å²) in [6, 6.07) is 15.3. The first-order valence-electron chi connectivity index (χ1n) is 11.6. The van der Waals surface area contributed by atoms with E-state index in [1.165, 1.54) is 6.07 Å². The number of carboxylic acids is 1. The second kappa shape index (κ2) is 10.1. The van der Waals surface area contributed by atoms with E-state index in [1.807, 2.05) is 19.1 Å². The minimum atomic E-state index is -1.34. The van der Waals surface area contributed by atoms with Crippen LogP contribution in [0.2, 0.25) is 0 Å². The summed E-state index contributed by atoms with van der Waals surface area (Å²) in [5.74, 6) is -2.66. The van der Waals surface area contributed by atoms with Crippen molar-refractivity contribution in [1.29, 1.82) is 0 Å². The van der Waals surface area contributed by atoms with Crippen molar-refractivity contribution in [1.82, 2.24) is 9.88 Å². The van der Waals surface area contributed by atoms with E-state index in [1.54, 1.807) is 59.3 Å². The fraction of sp³-hybridized carbons (Fsp3) is 0.250. The molecular weight excluding hydrogens is 447 g/mol. The predicted molar refractivity (Wildman–Crippen MR) is 131 cm³/mol. The molecule has 0 radical (unpaired) electrons. The lowest BCUT2D eigenvalue weighted by Gasteiger charge is -2.25. The van der Waals surface area contributed by atoms with Gasteiger partial charge in [0.2, 0.25) is 5.78 Å². The molecule has 0 spiro atoms. The lowest BCUT2D eigenvalue weighted by molar-refractivity contribution is -0.144. The number of ketones is 1. The van der Waals surface area contributed by atoms with Crippen LogP contribution in [0.15, 0.2) is 66.9 Å². The first kappa shape index (κ1) is 24.1. The number of amides is 1. The van der Waals surface area contributed by atoms with Gasteiger partial charge in [0.15, 0.2) is 0 Å². The maximum atomic E-state index is 15.1. The maximum Gasteiger partial charge on any atom is 0.329 e. The molecule has 2 N–H and O–H groups in total. The van der Waals surface area contributed by atoms with Gasteiger partial charge in [-0.2, -0.15) is 0 Å². The van der Waals surface area contributed by atoms with Crippen molar-refractivity contribution in [3.05, 3.63) is 101 Å². The molecule has 180 valence electrons. The number of benzene rings is 2. The molecule has 1 heterocycles. The van der Waals surface area contributed by atoms with Gasteiger partial charge in [0.25, 0.3) is 5.91 Å². The number of halogens is 1. The van der Waals surface area contributed by atoms with Crippen LogP contribution in [-0.2, 0) is 11.3 Å². The largest absolute Gasteiger partial charge is 0.480 e. The Hall–Kier alpha value is -4.00. The zero-order valence-electron chi connectivity index (χ0n) is 19.5. The predicted octanol–water partition coefficient (Wildman–Crippen LogP) is 5.01. The van der Waals surface area contributed by atoms with Crippen LogP contribution in [-0.4, -0.2) is 32.9 Å². The number of nitrogens with one attached hydrogen (secondary N) is 1. The van der Waals surface area contributed by atoms with Gasteiger partial charge in [-0.25, -0.2) is 9.18 Å². The van der Waals surface area contributed by atoms with Gasteiger partial charge in [-0.3, -0.25) is 9.59 Å². The van der Waals surface area contributed by atoms with Gasteiger partial charge in [-0.05, 0) is 38.0 Å². The summed E-state index contributed by atoms with van der Waals surface area (Å²) in [4.78, 5) is 37.3. The average molecular weight is 475 g/mol. The molecule has 4 rings (SSSR count). The minimum absolute atomic E-state index is 0.104. The molecule has 1 fully saturated rings. The number of carbonyl (C=O) groups is 3. The van der Waals surface area contributed by atoms with Gasteiger partial charge in [0.1, 0.15) is 11.4 Å². The number of aromatic nitrogens is 1. The number of rotatable bonds is 8. The lowest BCUT2D eigenvalue weighted by Crippen LogP contribution is -2.52. The molecule has 1 aliphatic rings. The zero-order valence-corrected chi connectivity index (χ0v) is 19.5. The molecule has 3 aromatic rings. The van der Waals surface area contributed by atoms with E-state index in [4.69, 9.17) is 0 Å². The zero-order chi connectivity index (χ0) is 25.0. The number of hydrogen-bond acceptors (Lipinski definition) is 3. The summed E-state index contributed by atoms with van der Waals surface area (Å²) in [6.07, 6.45) is 7.10. The summed E-state index contributed by atoms with van der Waals surface area (Å²) >= 11 is 0. The van der Waals surface area contributed by atoms with Crippen LogP contribution in [0, 0.1) is 12.7 Å². The highest BCUT2D eigenvalue weighted by Gasteiger charge is 2.43. The normalized spacial score (nSPS) is 14.8. The summed E-state index contributed by atoms with van der Waals surface area (Å²) in [7, 11) is 0. The molecule has 0 atom stereocenters. The summed E-state index contributed by atoms with van der Waals surface area (Å²) in [6.45, 7) is 2.29. The Bertz CT molecular complexity index is 1280. The molecular formula is C28H27FN2O4. The molecule has 35 heavy (non-hydrogen) atoms. The van der Waals surface area contributed by atoms with Crippen molar-refractivity contribution >= 4 is 23.7 Å². The van der Waals surface area contributed by atoms with Crippen molar-refractivity contribution in [2.75, 3.05) is 0 Å². The number of carbonyl (C=O) groups excluding carboxylic acids is 2. The van der Waals surface area contributed by atoms with Crippen LogP contribution in [0.3, 0.4) is 0 Å². The molecule has 1 amide bonds. The molecule has 2 aromatic carbocycles. The number of aliphatic carboxylic acids is 1. The summed E-state index contributed by atoms with van der Waals surface area (Å²) in [5, 5.41) is 12.1. The molecule has 1 aliphatic carbocycles. The minimum Gasteiger partial charge on any atom is -0.480 e. The van der Waals surface area contributed by atoms with Gasteiger partial charge < -0.3 is 15.0 Å². The molecule has 0 bridgehead atoms. The van der Waals surface area contributed by atoms with Crippen LogP contribution in [0.5, 0.6) is 0 Å². The number of nitrogens with zero attached hydrogens (tertiary/aromatic N) is 1. The highest BCUT2D eigenvalue weighted by atomic mass is 19.1. The first-order chi connectivity index (χ1) is 16.8. The van der Waals surface area contributed by atoms with Crippen molar-refractivity contribution < 1.29 is 23.9 Å². The van der Waals surface area contributed by atoms with E-state index in [-0.39, 0.29) is 16.9 Å². The van der Waals surface area contributed by atoms with Crippen LogP contribution < -0.4 is 5.32 Å². The van der Waals surface area contributed by atoms with E-state index in [9.17, 15) is 19.5 Å². The smallest absolute Gasteiger partial charge is 0.329 e. The van der Waals surface area contributed by atoms with Gasteiger partial charge in [-0.1, -0.05) is 67.0 Å². The second-order valence-electron chi connectivity index (χ2n) is 8.90. The van der Waals surface area contributed by atoms with Crippen molar-refractivity contribution in [3.8, 4) is 0 Å². The standard InChI is InChI=1S/C28H27FN2O4/c1-19-11-13-21(14-12-19)25(32)23-10-6-18-31(23)17-5-8-20-7-4-9-22(24(20)29)26(33)30-28(27(34)35)15-2-3-16-28/h4-14,18H,2-3,15-17H2,1H3,(H,30,33)(H,34,35)/b8-5+. The highest BCUT2D eigenvalue weighted by Crippen LogP contribution is 2.30. The third kappa shape index (κ3) is 5.09. The summed E-state index contributed by atoms with van der Waals surface area (Å²) in [5.41, 5.74) is 0.833. The molecule has 6 nitrogen and oxygen atoms in total. The molecule has 1 aromatic heterocycles. The van der Waals surface area contributed by atoms with Crippen LogP contribution in [0.25, 0.3) is 6.08 Å². The number of aryl methyl sites for hydroxylation is 1. The van der Waals surface area contributed by atoms with Gasteiger partial charge in [0.05, 0.1) is 11.3 Å². The molecule has 0 aliphatic heterocycles. The lowest BCUT2D eigenvalue weighted by atomic mass is 9.97. The Balaban J connectivity index is 1.49. The third-order valence-corrected chi connectivity index (χ3v) is 6.47. The fourth-order valence-electron chi connectivity index (χ4n) is 4.43. The van der Waals surface area contributed by atoms with Crippen LogP contribution >= 0.6 is 0 Å². The average Bonchev–Trinajstić information content (AvgIpc) is 3.51. The van der Waals surface area contributed by atoms with E-state index in [2.05, 4.69) is 5.32 Å². The van der Waals surface area contributed by atoms with E-state index in [0.717, 1.165) is 5.56 Å². The van der Waals surface area contributed by atoms with Crippen molar-refractivity contribution in [2.24, 2.45) is 0 Å². The number of hydrogen-bond donors (Lipinski definition) is 2. The number of allylic oxidation sites excluding steroid dienone is 1. The maximum absolute atomic E-state index is 15.1. The highest BCUT2D eigenvalue weighted by molar-refractivity contribution is 6.08. The molecule has 0 unspecified atom stereocenters. The monoisotopic (exact) mass is 474 g/mol. The summed E-state index contributed by atoms with van der Waals surface area (Å²) < 4.78 is 16.9. The van der Waals surface area contributed by atoms with E-state index >= 15 is 4.39 Å². The Labute approximate surface area is 203 Å². The second-order valence-corrected chi connectivity index (χ2v) is 8.90. The molecule has 0 saturated heterocycles. The Morgan fingerprint density at radius 3 is 2.46 bits per heavy atom. The third-order valence-electron chi connectivity index (χ3n) is 6.47. The quantitative estimate of drug-likeness (QED) is 0.450. The van der Waals surface area contributed by atoms with Crippen LogP contribution in [0.4, 0.5) is 4.39 Å². The molecule has 7 heteroatoms. The molecule has 1 saturated carbocycles. The van der Waals surface area contributed by atoms with Crippen molar-refractivity contribution in [3.63, 3.8) is 0 Å². The van der Waals surface area contributed by atoms with Gasteiger partial charge in [0, 0.05) is 23.9 Å². The van der Waals surface area contributed by atoms with E-state index in [0.29, 0.717) is 43.5 Å². The van der Waals surface area contributed by atoms with Gasteiger partial charge >= 0.3 is 5.97 Å². The fourth-order valence-corrected chi connectivity index (χ4v) is 4.43. The first-order valence-corrected chi connectivity index (χ1v) is 11.6. The van der Waals surface area contributed by atoms with Crippen LogP contribution in [0.1, 0.15) is 63.2 Å². The van der Waals surface area contributed by atoms with Crippen molar-refractivity contribution in [2.45, 2.75) is 44.7 Å². The van der Waals surface area contributed by atoms with E-state index < -0.39 is 23.2 Å². The SMILES string of the molecule is Cc1ccc(C(=O)c2cccn2C/C=C/c2cccc(C(=O)NC3(C(=O)O)CCCC3)c2F)cc1. The number of carboxylic acid groups (broad SMARTS) is 1. The Morgan fingerprint density at radius 1 is 1.06 bits per heavy atom. The topological polar surface area (TPSA) is 88.4 Å². The Morgan fingerprint density at radius 2 is 1.77 bits per heavy atom. The van der Waals surface area contributed by atoms with Gasteiger partial charge in [-0.15, -0.1) is 0 Å².